The Morgan fingerprint density at radius 2 is 2.10 bits per heavy atom. The first-order valence-electron chi connectivity index (χ1n) is 7.21. The molecule has 1 saturated heterocycles. The van der Waals surface area contributed by atoms with E-state index in [9.17, 15) is 9.59 Å². The molecule has 0 radical (unpaired) electrons. The molecule has 110 valence electrons. The largest absolute Gasteiger partial charge is 0.333 e. The second-order valence-corrected chi connectivity index (χ2v) is 5.33. The fourth-order valence-corrected chi connectivity index (χ4v) is 2.93. The molecule has 2 aromatic rings. The second-order valence-electron chi connectivity index (χ2n) is 5.33. The molecule has 0 aliphatic carbocycles. The van der Waals surface area contributed by atoms with Crippen molar-refractivity contribution in [2.45, 2.75) is 25.3 Å². The van der Waals surface area contributed by atoms with E-state index in [0.717, 1.165) is 19.3 Å². The third-order valence-electron chi connectivity index (χ3n) is 4.06. The molecule has 1 aliphatic heterocycles. The summed E-state index contributed by atoms with van der Waals surface area (Å²) in [6.07, 6.45) is 2.98. The Hall–Kier alpha value is -2.21. The van der Waals surface area contributed by atoms with Crippen molar-refractivity contribution in [1.29, 1.82) is 0 Å². The Bertz CT molecular complexity index is 725. The van der Waals surface area contributed by atoms with Gasteiger partial charge in [0, 0.05) is 24.5 Å². The molecule has 2 heterocycles. The zero-order valence-electron chi connectivity index (χ0n) is 11.7. The number of carbonyl (C=O) groups is 1. The van der Waals surface area contributed by atoms with Crippen LogP contribution in [0.15, 0.2) is 29.1 Å². The van der Waals surface area contributed by atoms with Crippen molar-refractivity contribution in [3.8, 4) is 0 Å². The minimum absolute atomic E-state index is 0.0544. The maximum atomic E-state index is 12.8. The van der Waals surface area contributed by atoms with Crippen LogP contribution in [0.2, 0.25) is 0 Å². The van der Waals surface area contributed by atoms with Gasteiger partial charge in [-0.3, -0.25) is 9.59 Å². The number of hydrogen-bond donors (Lipinski definition) is 2. The monoisotopic (exact) mass is 286 g/mol. The summed E-state index contributed by atoms with van der Waals surface area (Å²) < 4.78 is 0. The fourth-order valence-electron chi connectivity index (χ4n) is 2.93. The maximum Gasteiger partial charge on any atom is 0.275 e. The van der Waals surface area contributed by atoms with E-state index in [0.29, 0.717) is 29.6 Å². The molecule has 21 heavy (non-hydrogen) atoms. The molecule has 0 unspecified atom stereocenters. The molecule has 6 nitrogen and oxygen atoms in total. The van der Waals surface area contributed by atoms with Gasteiger partial charge in [-0.25, -0.2) is 5.10 Å². The van der Waals surface area contributed by atoms with Crippen LogP contribution in [-0.2, 0) is 0 Å². The van der Waals surface area contributed by atoms with E-state index in [1.54, 1.807) is 29.2 Å². The lowest BCUT2D eigenvalue weighted by Gasteiger charge is -2.34. The fraction of sp³-hybridized carbons (Fsp3) is 0.400. The quantitative estimate of drug-likeness (QED) is 0.857. The maximum absolute atomic E-state index is 12.8. The Morgan fingerprint density at radius 1 is 1.33 bits per heavy atom. The number of fused-ring (bicyclic) bond motifs is 1. The van der Waals surface area contributed by atoms with Gasteiger partial charge in [0.2, 0.25) is 0 Å². The van der Waals surface area contributed by atoms with Crippen LogP contribution in [-0.4, -0.2) is 40.1 Å². The molecule has 0 bridgehead atoms. The minimum atomic E-state index is -0.281. The van der Waals surface area contributed by atoms with Gasteiger partial charge in [0.25, 0.3) is 11.5 Å². The summed E-state index contributed by atoms with van der Waals surface area (Å²) in [6.45, 7) is 1.14. The summed E-state index contributed by atoms with van der Waals surface area (Å²) in [5.74, 6) is -0.155. The van der Waals surface area contributed by atoms with Crippen molar-refractivity contribution in [2.75, 3.05) is 13.1 Å². The average molecular weight is 286 g/mol. The number of likely N-dealkylation sites (tertiary alicyclic amines) is 1. The molecule has 0 spiro atoms. The van der Waals surface area contributed by atoms with Crippen molar-refractivity contribution in [3.05, 3.63) is 40.3 Å². The van der Waals surface area contributed by atoms with Gasteiger partial charge >= 0.3 is 0 Å². The first-order chi connectivity index (χ1) is 10.2. The van der Waals surface area contributed by atoms with Crippen LogP contribution in [0.25, 0.3) is 10.8 Å². The lowest BCUT2D eigenvalue weighted by atomic mass is 10.0. The summed E-state index contributed by atoms with van der Waals surface area (Å²) in [7, 11) is 0. The number of aromatic amines is 1. The van der Waals surface area contributed by atoms with Crippen LogP contribution >= 0.6 is 0 Å². The van der Waals surface area contributed by atoms with Gasteiger partial charge in [-0.05, 0) is 25.3 Å². The summed E-state index contributed by atoms with van der Waals surface area (Å²) in [6, 6.07) is 7.08. The van der Waals surface area contributed by atoms with E-state index in [2.05, 4.69) is 10.2 Å². The van der Waals surface area contributed by atoms with E-state index in [1.165, 1.54) is 0 Å². The van der Waals surface area contributed by atoms with E-state index in [1.807, 2.05) is 0 Å². The molecule has 1 aromatic carbocycles. The third kappa shape index (κ3) is 2.42. The van der Waals surface area contributed by atoms with Gasteiger partial charge in [0.15, 0.2) is 5.69 Å². The van der Waals surface area contributed by atoms with Gasteiger partial charge in [-0.1, -0.05) is 18.2 Å². The summed E-state index contributed by atoms with van der Waals surface area (Å²) in [4.78, 5) is 26.4. The number of carbonyl (C=O) groups excluding carboxylic acids is 1. The number of H-pyrrole nitrogens is 1. The Kier molecular flexibility index (Phi) is 3.70. The van der Waals surface area contributed by atoms with Crippen molar-refractivity contribution in [2.24, 2.45) is 5.73 Å². The molecule has 1 amide bonds. The first kappa shape index (κ1) is 13.8. The van der Waals surface area contributed by atoms with Gasteiger partial charge < -0.3 is 10.6 Å². The second kappa shape index (κ2) is 5.65. The molecule has 1 atom stereocenters. The molecular weight excluding hydrogens is 268 g/mol. The highest BCUT2D eigenvalue weighted by Crippen LogP contribution is 2.21. The van der Waals surface area contributed by atoms with E-state index < -0.39 is 0 Å². The summed E-state index contributed by atoms with van der Waals surface area (Å²) in [5.41, 5.74) is 5.79. The summed E-state index contributed by atoms with van der Waals surface area (Å²) in [5, 5.41) is 7.47. The van der Waals surface area contributed by atoms with Crippen LogP contribution < -0.4 is 11.3 Å². The smallest absolute Gasteiger partial charge is 0.275 e. The van der Waals surface area contributed by atoms with Crippen LogP contribution in [0.3, 0.4) is 0 Å². The highest BCUT2D eigenvalue weighted by molar-refractivity contribution is 6.04. The molecule has 1 aromatic heterocycles. The zero-order valence-corrected chi connectivity index (χ0v) is 11.7. The number of benzene rings is 1. The summed E-state index contributed by atoms with van der Waals surface area (Å²) >= 11 is 0. The molecule has 1 fully saturated rings. The van der Waals surface area contributed by atoms with E-state index in [4.69, 9.17) is 5.73 Å². The Morgan fingerprint density at radius 3 is 2.86 bits per heavy atom. The lowest BCUT2D eigenvalue weighted by molar-refractivity contribution is 0.0618. The number of hydrogen-bond acceptors (Lipinski definition) is 4. The van der Waals surface area contributed by atoms with Crippen LogP contribution in [0.5, 0.6) is 0 Å². The predicted octanol–water partition coefficient (Wildman–Crippen LogP) is 0.876. The highest BCUT2D eigenvalue weighted by Gasteiger charge is 2.28. The van der Waals surface area contributed by atoms with E-state index in [-0.39, 0.29) is 17.5 Å². The SMILES string of the molecule is NC[C@@H]1CCCCN1C(=O)c1n[nH]c(=O)c2ccccc12. The molecule has 3 N–H and O–H groups in total. The molecular formula is C15H18N4O2. The minimum Gasteiger partial charge on any atom is -0.333 e. The topological polar surface area (TPSA) is 92.1 Å². The van der Waals surface area contributed by atoms with Crippen molar-refractivity contribution in [1.82, 2.24) is 15.1 Å². The third-order valence-corrected chi connectivity index (χ3v) is 4.06. The van der Waals surface area contributed by atoms with Gasteiger partial charge in [-0.2, -0.15) is 5.10 Å². The molecule has 6 heteroatoms. The van der Waals surface area contributed by atoms with Crippen molar-refractivity contribution < 1.29 is 4.79 Å². The van der Waals surface area contributed by atoms with Crippen LogP contribution in [0.4, 0.5) is 0 Å². The number of nitrogens with zero attached hydrogens (tertiary/aromatic N) is 2. The molecule has 1 aliphatic rings. The van der Waals surface area contributed by atoms with Crippen molar-refractivity contribution >= 4 is 16.7 Å². The molecule has 0 saturated carbocycles. The van der Waals surface area contributed by atoms with Crippen molar-refractivity contribution in [3.63, 3.8) is 0 Å². The average Bonchev–Trinajstić information content (AvgIpc) is 2.55. The van der Waals surface area contributed by atoms with Gasteiger partial charge in [0.05, 0.1) is 5.39 Å². The van der Waals surface area contributed by atoms with Crippen LogP contribution in [0, 0.1) is 0 Å². The Labute approximate surface area is 121 Å². The number of rotatable bonds is 2. The Balaban J connectivity index is 2.05. The van der Waals surface area contributed by atoms with Crippen LogP contribution in [0.1, 0.15) is 29.8 Å². The van der Waals surface area contributed by atoms with Gasteiger partial charge in [-0.15, -0.1) is 0 Å². The first-order valence-corrected chi connectivity index (χ1v) is 7.21. The number of nitrogens with one attached hydrogen (secondary N) is 1. The standard InChI is InChI=1S/C15H18N4O2/c16-9-10-5-3-4-8-19(10)15(21)13-11-6-1-2-7-12(11)14(20)18-17-13/h1-2,6-7,10H,3-5,8-9,16H2,(H,18,20)/t10-/m0/s1. The van der Waals surface area contributed by atoms with E-state index >= 15 is 0 Å². The predicted molar refractivity (Wildman–Crippen MR) is 80.1 cm³/mol. The molecule has 3 rings (SSSR count). The number of piperidine rings is 1. The number of aromatic nitrogens is 2. The highest BCUT2D eigenvalue weighted by atomic mass is 16.2. The number of nitrogens with two attached hydrogens (primary N) is 1. The van der Waals surface area contributed by atoms with Gasteiger partial charge in [0.1, 0.15) is 0 Å². The zero-order chi connectivity index (χ0) is 14.8. The lowest BCUT2D eigenvalue weighted by Crippen LogP contribution is -2.47. The normalized spacial score (nSPS) is 18.9. The number of amides is 1.